The fraction of sp³-hybridized carbons (Fsp3) is 0.431. The van der Waals surface area contributed by atoms with Gasteiger partial charge >= 0.3 is 5.97 Å². The molecule has 394 valence electrons. The Kier molecular flexibility index (Phi) is 18.1. The molecule has 1 unspecified atom stereocenters. The normalized spacial score (nSPS) is 14.8. The third-order valence-corrected chi connectivity index (χ3v) is 14.2. The number of carboxylic acid groups (broad SMARTS) is 1. The van der Waals surface area contributed by atoms with E-state index in [1.54, 1.807) is 55.8 Å². The highest BCUT2D eigenvalue weighted by Crippen LogP contribution is 2.27. The molecule has 0 radical (unpaired) electrons. The lowest BCUT2D eigenvalue weighted by molar-refractivity contribution is -0.140. The van der Waals surface area contributed by atoms with Gasteiger partial charge in [0.1, 0.15) is 11.8 Å². The number of hydrogen-bond donors (Lipinski definition) is 6. The zero-order valence-electron chi connectivity index (χ0n) is 42.1. The van der Waals surface area contributed by atoms with E-state index in [9.17, 15) is 43.5 Å². The number of unbranched alkanes of at least 4 members (excludes halogenated alkanes) is 3. The van der Waals surface area contributed by atoms with E-state index in [-0.39, 0.29) is 113 Å². The number of aromatic nitrogens is 9. The number of amides is 4. The lowest BCUT2D eigenvalue weighted by Gasteiger charge is -2.22. The number of aromatic amines is 1. The van der Waals surface area contributed by atoms with Gasteiger partial charge in [-0.2, -0.15) is 26.9 Å². The topological polar surface area (TPSA) is 347 Å². The molecule has 0 saturated carbocycles. The zero-order valence-corrected chi connectivity index (χ0v) is 42.9. The molecule has 7 rings (SSSR count). The standard InChI is InChI=1S/C51H60N14O9S/c1-27(2)35(23-33(66)10-6-5-9-18-65-42(69)24-41(75-4)49(65)72)48(71)55-28(3)40(68)21-29-13-15-34(36(20-29)45-60-62-63-61-45)39(67)12-8-7-11-37(50(73)74)57-47(70)31-14-16-38-30(22-31)17-19-64(38)26-32-25-54-46-43(56-32)44(52)58-51(53)59-46/h13-17,19-20,22,25,27-28,35,37,41H,5-12,18,21,23-24,26H2,1-4H3,(H,55,71)(H,57,70)(H,73,74)(H,60,61,62,63)(H4,52,53,54,58,59)/t28-,35-,37-,41?/m0/s1. The van der Waals surface area contributed by atoms with E-state index in [0.717, 1.165) is 10.9 Å². The first-order valence-corrected chi connectivity index (χ1v) is 26.0. The van der Waals surface area contributed by atoms with Gasteiger partial charge in [0.2, 0.25) is 29.5 Å². The van der Waals surface area contributed by atoms with Crippen LogP contribution in [0.5, 0.6) is 0 Å². The molecule has 4 aromatic heterocycles. The van der Waals surface area contributed by atoms with Crippen LogP contribution in [0.1, 0.15) is 117 Å². The Morgan fingerprint density at radius 2 is 1.71 bits per heavy atom. The van der Waals surface area contributed by atoms with Crippen LogP contribution in [0.2, 0.25) is 0 Å². The van der Waals surface area contributed by atoms with Crippen LogP contribution >= 0.6 is 11.8 Å². The van der Waals surface area contributed by atoms with Crippen molar-refractivity contribution in [1.82, 2.24) is 60.7 Å². The van der Waals surface area contributed by atoms with E-state index in [4.69, 9.17) is 11.5 Å². The molecule has 23 nitrogen and oxygen atoms in total. The van der Waals surface area contributed by atoms with Crippen molar-refractivity contribution < 1.29 is 43.5 Å². The number of carboxylic acids is 1. The van der Waals surface area contributed by atoms with Gasteiger partial charge in [0, 0.05) is 78.4 Å². The van der Waals surface area contributed by atoms with E-state index in [1.807, 2.05) is 30.7 Å². The van der Waals surface area contributed by atoms with Crippen molar-refractivity contribution >= 4 is 92.5 Å². The first-order valence-electron chi connectivity index (χ1n) is 24.7. The SMILES string of the molecule is CSC1CC(=O)N(CCCCCC(=O)C[C@H](C(=O)N[C@@H](C)C(=O)Cc2ccc(C(=O)CCCC[C@H](NC(=O)c3ccc4c(ccn4Cc4cnc5nc(N)nc(N)c5n4)c3)C(=O)O)c(-c3nn[nH]n3)c2)C(C)C)C1=O. The molecule has 1 fully saturated rings. The maximum Gasteiger partial charge on any atom is 0.326 e. The molecule has 75 heavy (non-hydrogen) atoms. The number of tetrazole rings is 1. The monoisotopic (exact) mass is 1040 g/mol. The van der Waals surface area contributed by atoms with Crippen LogP contribution in [0.3, 0.4) is 0 Å². The van der Waals surface area contributed by atoms with Gasteiger partial charge in [0.15, 0.2) is 28.5 Å². The lowest BCUT2D eigenvalue weighted by atomic mass is 9.88. The fourth-order valence-electron chi connectivity index (χ4n) is 8.96. The average Bonchev–Trinajstić information content (AvgIpc) is 4.13. The third kappa shape index (κ3) is 13.8. The Labute approximate surface area is 435 Å². The van der Waals surface area contributed by atoms with E-state index in [1.165, 1.54) is 16.7 Å². The summed E-state index contributed by atoms with van der Waals surface area (Å²) in [5.74, 6) is -3.84. The average molecular weight is 1050 g/mol. The second-order valence-electron chi connectivity index (χ2n) is 19.0. The highest BCUT2D eigenvalue weighted by atomic mass is 32.2. The maximum absolute atomic E-state index is 13.7. The minimum absolute atomic E-state index is 0.00548. The fourth-order valence-corrected chi connectivity index (χ4v) is 9.60. The van der Waals surface area contributed by atoms with E-state index < -0.39 is 35.8 Å². The predicted molar refractivity (Wildman–Crippen MR) is 278 cm³/mol. The van der Waals surface area contributed by atoms with Gasteiger partial charge in [-0.3, -0.25) is 38.5 Å². The number of aliphatic carboxylic acids is 1. The number of nitrogen functional groups attached to an aromatic ring is 2. The zero-order chi connectivity index (χ0) is 53.9. The van der Waals surface area contributed by atoms with Gasteiger partial charge in [-0.05, 0) is 85.9 Å². The van der Waals surface area contributed by atoms with Gasteiger partial charge < -0.3 is 31.8 Å². The molecule has 4 atom stereocenters. The van der Waals surface area contributed by atoms with Crippen molar-refractivity contribution in [3.05, 3.63) is 77.2 Å². The molecule has 1 aliphatic heterocycles. The van der Waals surface area contributed by atoms with E-state index in [0.29, 0.717) is 67.5 Å². The van der Waals surface area contributed by atoms with Gasteiger partial charge in [-0.25, -0.2) is 14.8 Å². The highest BCUT2D eigenvalue weighted by molar-refractivity contribution is 8.00. The number of imide groups is 1. The van der Waals surface area contributed by atoms with Crippen LogP contribution in [0.15, 0.2) is 54.9 Å². The number of nitrogens with zero attached hydrogens (tertiary/aromatic N) is 9. The summed E-state index contributed by atoms with van der Waals surface area (Å²) in [6, 6.07) is 9.53. The molecule has 8 N–H and O–H groups in total. The van der Waals surface area contributed by atoms with Crippen LogP contribution in [0.4, 0.5) is 11.8 Å². The molecule has 0 aliphatic carbocycles. The molecule has 1 saturated heterocycles. The first-order chi connectivity index (χ1) is 35.9. The number of rotatable bonds is 27. The molecule has 6 aromatic rings. The third-order valence-electron chi connectivity index (χ3n) is 13.2. The summed E-state index contributed by atoms with van der Waals surface area (Å²) in [6.45, 7) is 5.91. The number of Topliss-reactive ketones (excluding diaryl/α,β-unsaturated/α-hetero) is 3. The molecular weight excluding hydrogens is 985 g/mol. The van der Waals surface area contributed by atoms with Gasteiger partial charge in [0.05, 0.1) is 29.7 Å². The number of carbonyl (C=O) groups excluding carboxylic acids is 7. The Balaban J connectivity index is 0.875. The number of ketones is 3. The number of thioether (sulfide) groups is 1. The molecule has 0 bridgehead atoms. The summed E-state index contributed by atoms with van der Waals surface area (Å²) in [6.07, 6.45) is 8.03. The Bertz CT molecular complexity index is 3130. The second-order valence-corrected chi connectivity index (χ2v) is 20.0. The minimum atomic E-state index is -1.23. The van der Waals surface area contributed by atoms with Gasteiger partial charge in [-0.1, -0.05) is 38.8 Å². The van der Waals surface area contributed by atoms with Crippen molar-refractivity contribution in [3.63, 3.8) is 0 Å². The summed E-state index contributed by atoms with van der Waals surface area (Å²) in [4.78, 5) is 122. The second kappa shape index (κ2) is 24.8. The van der Waals surface area contributed by atoms with Crippen LogP contribution in [0, 0.1) is 11.8 Å². The van der Waals surface area contributed by atoms with E-state index >= 15 is 0 Å². The highest BCUT2D eigenvalue weighted by Gasteiger charge is 2.37. The molecule has 1 aliphatic rings. The van der Waals surface area contributed by atoms with Crippen LogP contribution in [0.25, 0.3) is 33.5 Å². The minimum Gasteiger partial charge on any atom is -0.480 e. The first kappa shape index (κ1) is 54.7. The maximum atomic E-state index is 13.7. The van der Waals surface area contributed by atoms with Crippen LogP contribution in [-0.2, 0) is 41.7 Å². The van der Waals surface area contributed by atoms with Crippen molar-refractivity contribution in [3.8, 4) is 11.4 Å². The molecular formula is C51H60N14O9S. The summed E-state index contributed by atoms with van der Waals surface area (Å²) >= 11 is 1.37. The molecule has 4 amide bonds. The molecule has 0 spiro atoms. The van der Waals surface area contributed by atoms with Crippen molar-refractivity contribution in [2.75, 3.05) is 24.3 Å². The molecule has 24 heteroatoms. The van der Waals surface area contributed by atoms with Crippen LogP contribution in [-0.4, -0.2) is 132 Å². The molecule has 2 aromatic carbocycles. The number of nitrogens with two attached hydrogens (primary N) is 2. The summed E-state index contributed by atoms with van der Waals surface area (Å²) in [5, 5.41) is 30.0. The quantitative estimate of drug-likeness (QED) is 0.0238. The van der Waals surface area contributed by atoms with Crippen molar-refractivity contribution in [2.24, 2.45) is 11.8 Å². The van der Waals surface area contributed by atoms with Gasteiger partial charge in [0.25, 0.3) is 5.91 Å². The number of nitrogens with one attached hydrogen (secondary N) is 3. The Morgan fingerprint density at radius 1 is 0.920 bits per heavy atom. The molecule has 5 heterocycles. The largest absolute Gasteiger partial charge is 0.480 e. The van der Waals surface area contributed by atoms with Crippen molar-refractivity contribution in [1.29, 1.82) is 0 Å². The number of carbonyl (C=O) groups is 8. The summed E-state index contributed by atoms with van der Waals surface area (Å²) in [5.41, 5.74) is 15.0. The predicted octanol–water partition coefficient (Wildman–Crippen LogP) is 4.29. The number of H-pyrrole nitrogens is 1. The van der Waals surface area contributed by atoms with Crippen LogP contribution < -0.4 is 22.1 Å². The number of likely N-dealkylation sites (tertiary alicyclic amines) is 1. The Hall–Kier alpha value is -8.02. The van der Waals surface area contributed by atoms with Crippen molar-refractivity contribution in [2.45, 2.75) is 115 Å². The van der Waals surface area contributed by atoms with Gasteiger partial charge in [-0.15, -0.1) is 10.2 Å². The summed E-state index contributed by atoms with van der Waals surface area (Å²) < 4.78 is 1.91. The number of hydrogen-bond acceptors (Lipinski definition) is 18. The summed E-state index contributed by atoms with van der Waals surface area (Å²) in [7, 11) is 0. The van der Waals surface area contributed by atoms with E-state index in [2.05, 4.69) is 51.2 Å². The Morgan fingerprint density at radius 3 is 2.43 bits per heavy atom. The number of anilines is 2. The number of fused-ring (bicyclic) bond motifs is 2. The lowest BCUT2D eigenvalue weighted by Crippen LogP contribution is -2.44. The smallest absolute Gasteiger partial charge is 0.326 e. The number of benzene rings is 2.